The Bertz CT molecular complexity index is 2000. The second-order valence-electron chi connectivity index (χ2n) is 8.12. The number of benzene rings is 5. The molecule has 0 fully saturated rings. The minimum absolute atomic E-state index is 0.954. The Kier molecular flexibility index (Phi) is 2.97. The second kappa shape index (κ2) is 5.64. The molecule has 0 amide bonds. The third kappa shape index (κ3) is 2.05. The van der Waals surface area contributed by atoms with Crippen molar-refractivity contribution in [2.24, 2.45) is 0 Å². The average molecular weight is 431 g/mol. The Hall–Kier alpha value is -3.40. The molecular formula is C28H14OS2. The molecule has 0 aliphatic carbocycles. The fourth-order valence-corrected chi connectivity index (χ4v) is 7.35. The normalized spacial score (nSPS) is 12.5. The van der Waals surface area contributed by atoms with Crippen LogP contribution in [0.4, 0.5) is 0 Å². The van der Waals surface area contributed by atoms with E-state index in [4.69, 9.17) is 4.42 Å². The van der Waals surface area contributed by atoms with Crippen LogP contribution in [0.2, 0.25) is 0 Å². The predicted molar refractivity (Wildman–Crippen MR) is 137 cm³/mol. The van der Waals surface area contributed by atoms with Gasteiger partial charge in [-0.25, -0.2) is 0 Å². The summed E-state index contributed by atoms with van der Waals surface area (Å²) < 4.78 is 11.5. The minimum atomic E-state index is 0.954. The van der Waals surface area contributed by atoms with Crippen LogP contribution >= 0.6 is 22.7 Å². The van der Waals surface area contributed by atoms with Gasteiger partial charge in [0.05, 0.1) is 0 Å². The lowest BCUT2D eigenvalue weighted by molar-refractivity contribution is 0.669. The first-order valence-electron chi connectivity index (χ1n) is 10.4. The van der Waals surface area contributed by atoms with Crippen LogP contribution in [-0.2, 0) is 0 Å². The first-order valence-corrected chi connectivity index (χ1v) is 12.0. The zero-order valence-corrected chi connectivity index (χ0v) is 17.9. The van der Waals surface area contributed by atoms with Crippen molar-refractivity contribution in [1.82, 2.24) is 0 Å². The topological polar surface area (TPSA) is 13.1 Å². The van der Waals surface area contributed by atoms with Gasteiger partial charge in [-0.3, -0.25) is 0 Å². The van der Waals surface area contributed by atoms with E-state index in [9.17, 15) is 0 Å². The van der Waals surface area contributed by atoms with Crippen LogP contribution in [-0.4, -0.2) is 0 Å². The molecule has 31 heavy (non-hydrogen) atoms. The lowest BCUT2D eigenvalue weighted by Crippen LogP contribution is -1.77. The summed E-state index contributed by atoms with van der Waals surface area (Å²) >= 11 is 3.75. The molecule has 3 heterocycles. The lowest BCUT2D eigenvalue weighted by Gasteiger charge is -2.04. The number of rotatable bonds is 0. The Morgan fingerprint density at radius 1 is 0.452 bits per heavy atom. The molecule has 8 rings (SSSR count). The second-order valence-corrected chi connectivity index (χ2v) is 10.3. The van der Waals surface area contributed by atoms with Crippen molar-refractivity contribution in [1.29, 1.82) is 0 Å². The zero-order chi connectivity index (χ0) is 20.1. The molecule has 3 heteroatoms. The molecule has 3 aromatic heterocycles. The number of furan rings is 1. The molecule has 1 nitrogen and oxygen atoms in total. The maximum Gasteiger partial charge on any atom is 0.136 e. The van der Waals surface area contributed by atoms with Crippen molar-refractivity contribution in [3.05, 3.63) is 84.9 Å². The van der Waals surface area contributed by atoms with Crippen molar-refractivity contribution < 1.29 is 4.42 Å². The van der Waals surface area contributed by atoms with Gasteiger partial charge >= 0.3 is 0 Å². The van der Waals surface area contributed by atoms with E-state index >= 15 is 0 Å². The number of hydrogen-bond donors (Lipinski definition) is 0. The number of para-hydroxylation sites is 1. The molecule has 0 spiro atoms. The van der Waals surface area contributed by atoms with Crippen LogP contribution in [0.25, 0.3) is 73.1 Å². The summed E-state index contributed by atoms with van der Waals surface area (Å²) in [4.78, 5) is 0. The molecular weight excluding hydrogens is 416 g/mol. The van der Waals surface area contributed by atoms with E-state index in [1.807, 2.05) is 28.7 Å². The molecule has 0 N–H and O–H groups in total. The van der Waals surface area contributed by atoms with Gasteiger partial charge in [-0.2, -0.15) is 0 Å². The number of hydrogen-bond acceptors (Lipinski definition) is 3. The Labute approximate surface area is 184 Å². The van der Waals surface area contributed by atoms with Crippen molar-refractivity contribution in [3.63, 3.8) is 0 Å². The van der Waals surface area contributed by atoms with E-state index in [2.05, 4.69) is 78.9 Å². The van der Waals surface area contributed by atoms with E-state index in [-0.39, 0.29) is 0 Å². The fourth-order valence-electron chi connectivity index (χ4n) is 5.12. The Morgan fingerprint density at radius 2 is 1.16 bits per heavy atom. The third-order valence-electron chi connectivity index (χ3n) is 6.45. The first-order chi connectivity index (χ1) is 15.3. The van der Waals surface area contributed by atoms with Crippen LogP contribution < -0.4 is 0 Å². The van der Waals surface area contributed by atoms with Gasteiger partial charge in [0.2, 0.25) is 0 Å². The molecule has 0 radical (unpaired) electrons. The van der Waals surface area contributed by atoms with Crippen molar-refractivity contribution in [3.8, 4) is 0 Å². The summed E-state index contributed by atoms with van der Waals surface area (Å²) in [6, 6.07) is 30.8. The van der Waals surface area contributed by atoms with Crippen LogP contribution in [0.3, 0.4) is 0 Å². The summed E-state index contributed by atoms with van der Waals surface area (Å²) in [7, 11) is 0. The summed E-state index contributed by atoms with van der Waals surface area (Å²) in [5.74, 6) is 0. The summed E-state index contributed by atoms with van der Waals surface area (Å²) in [6.07, 6.45) is 0. The van der Waals surface area contributed by atoms with E-state index in [0.717, 1.165) is 11.2 Å². The Balaban J connectivity index is 1.66. The Morgan fingerprint density at radius 3 is 2.03 bits per heavy atom. The molecule has 0 unspecified atom stereocenters. The van der Waals surface area contributed by atoms with Gasteiger partial charge in [0, 0.05) is 56.5 Å². The molecule has 0 saturated heterocycles. The highest BCUT2D eigenvalue weighted by atomic mass is 32.1. The van der Waals surface area contributed by atoms with Gasteiger partial charge in [0.25, 0.3) is 0 Å². The van der Waals surface area contributed by atoms with Gasteiger partial charge in [0.1, 0.15) is 11.2 Å². The monoisotopic (exact) mass is 430 g/mol. The van der Waals surface area contributed by atoms with Crippen LogP contribution in [0.15, 0.2) is 89.3 Å². The van der Waals surface area contributed by atoms with Gasteiger partial charge in [-0.15, -0.1) is 22.7 Å². The van der Waals surface area contributed by atoms with E-state index in [1.165, 1.54) is 61.9 Å². The lowest BCUT2D eigenvalue weighted by atomic mass is 9.98. The molecule has 0 aliphatic rings. The molecule has 0 aliphatic heterocycles. The van der Waals surface area contributed by atoms with Crippen molar-refractivity contribution >= 4 is 95.7 Å². The fraction of sp³-hybridized carbons (Fsp3) is 0. The largest absolute Gasteiger partial charge is 0.456 e. The average Bonchev–Trinajstić information content (AvgIpc) is 3.47. The molecule has 144 valence electrons. The maximum atomic E-state index is 6.17. The SMILES string of the molecule is c1ccc2c(c1)oc1cc3sc4ccc5ccc6sc7ccccc7c6c5c4c3cc12. The highest BCUT2D eigenvalue weighted by Gasteiger charge is 2.17. The molecule has 8 aromatic rings. The maximum absolute atomic E-state index is 6.17. The number of thiophene rings is 2. The van der Waals surface area contributed by atoms with Gasteiger partial charge in [-0.05, 0) is 41.8 Å². The van der Waals surface area contributed by atoms with Crippen molar-refractivity contribution in [2.75, 3.05) is 0 Å². The first kappa shape index (κ1) is 16.3. The van der Waals surface area contributed by atoms with E-state index in [0.29, 0.717) is 0 Å². The quantitative estimate of drug-likeness (QED) is 0.233. The van der Waals surface area contributed by atoms with Crippen molar-refractivity contribution in [2.45, 2.75) is 0 Å². The number of fused-ring (bicyclic) bond motifs is 12. The van der Waals surface area contributed by atoms with E-state index in [1.54, 1.807) is 0 Å². The highest BCUT2D eigenvalue weighted by Crippen LogP contribution is 2.46. The predicted octanol–water partition coefficient (Wildman–Crippen LogP) is 9.47. The molecule has 0 bridgehead atoms. The smallest absolute Gasteiger partial charge is 0.136 e. The van der Waals surface area contributed by atoms with Crippen LogP contribution in [0.1, 0.15) is 0 Å². The minimum Gasteiger partial charge on any atom is -0.456 e. The zero-order valence-electron chi connectivity index (χ0n) is 16.3. The summed E-state index contributed by atoms with van der Waals surface area (Å²) in [5, 5.41) is 10.5. The highest BCUT2D eigenvalue weighted by molar-refractivity contribution is 7.27. The summed E-state index contributed by atoms with van der Waals surface area (Å²) in [5.41, 5.74) is 1.92. The van der Waals surface area contributed by atoms with Crippen LogP contribution in [0, 0.1) is 0 Å². The summed E-state index contributed by atoms with van der Waals surface area (Å²) in [6.45, 7) is 0. The molecule has 5 aromatic carbocycles. The third-order valence-corrected chi connectivity index (χ3v) is 8.71. The molecule has 0 saturated carbocycles. The van der Waals surface area contributed by atoms with Gasteiger partial charge in [0.15, 0.2) is 0 Å². The van der Waals surface area contributed by atoms with Crippen LogP contribution in [0.5, 0.6) is 0 Å². The molecule has 0 atom stereocenters. The van der Waals surface area contributed by atoms with E-state index < -0.39 is 0 Å². The van der Waals surface area contributed by atoms with Gasteiger partial charge < -0.3 is 4.42 Å². The van der Waals surface area contributed by atoms with Gasteiger partial charge in [-0.1, -0.05) is 48.5 Å². The standard InChI is InChI=1S/C28H14OS2/c1-3-7-20-16(5-1)18-13-19-25(14-21(18)29-20)31-24-12-10-15-9-11-23-27(26(15)28(19)24)17-6-2-4-8-22(17)30-23/h1-14H.